The topological polar surface area (TPSA) is 117 Å². The summed E-state index contributed by atoms with van der Waals surface area (Å²) >= 11 is 0. The van der Waals surface area contributed by atoms with Gasteiger partial charge in [0.15, 0.2) is 17.1 Å². The zero-order chi connectivity index (χ0) is 23.5. The van der Waals surface area contributed by atoms with E-state index in [4.69, 9.17) is 20.2 Å². The van der Waals surface area contributed by atoms with Gasteiger partial charge in [0.2, 0.25) is 0 Å². The van der Waals surface area contributed by atoms with Crippen molar-refractivity contribution in [2.45, 2.75) is 26.3 Å². The summed E-state index contributed by atoms with van der Waals surface area (Å²) in [6.45, 7) is 3.93. The van der Waals surface area contributed by atoms with Crippen molar-refractivity contribution in [3.05, 3.63) is 53.6 Å². The quantitative estimate of drug-likeness (QED) is 0.419. The fraction of sp³-hybridized carbons (Fsp3) is 0.250. The first kappa shape index (κ1) is 22.1. The summed E-state index contributed by atoms with van der Waals surface area (Å²) < 4.78 is 12.1. The lowest BCUT2D eigenvalue weighted by atomic mass is 10.2. The summed E-state index contributed by atoms with van der Waals surface area (Å²) in [5, 5.41) is 7.49. The first-order valence-electron chi connectivity index (χ1n) is 10.6. The van der Waals surface area contributed by atoms with E-state index < -0.39 is 0 Å². The van der Waals surface area contributed by atoms with Gasteiger partial charge in [-0.1, -0.05) is 19.1 Å². The molecule has 0 fully saturated rings. The number of anilines is 1. The van der Waals surface area contributed by atoms with Crippen molar-refractivity contribution in [2.24, 2.45) is 5.10 Å². The molecule has 1 amide bonds. The molecule has 9 heteroatoms. The molecule has 33 heavy (non-hydrogen) atoms. The van der Waals surface area contributed by atoms with Crippen LogP contribution in [0.25, 0.3) is 22.2 Å². The van der Waals surface area contributed by atoms with Crippen LogP contribution in [0.3, 0.4) is 0 Å². The molecule has 9 nitrogen and oxygen atoms in total. The lowest BCUT2D eigenvalue weighted by Gasteiger charge is -2.11. The lowest BCUT2D eigenvalue weighted by Crippen LogP contribution is -2.32. The summed E-state index contributed by atoms with van der Waals surface area (Å²) in [5.41, 5.74) is 9.59. The number of nitrogens with zero attached hydrogens (tertiary/aromatic N) is 4. The number of hydrogen-bond acceptors (Lipinski definition) is 7. The average molecular weight is 447 g/mol. The highest BCUT2D eigenvalue weighted by molar-refractivity contribution is 6.10. The van der Waals surface area contributed by atoms with Gasteiger partial charge < -0.3 is 20.5 Å². The molecular formula is C24H26N6O3. The summed E-state index contributed by atoms with van der Waals surface area (Å²) in [4.78, 5) is 22.5. The van der Waals surface area contributed by atoms with Gasteiger partial charge in [-0.2, -0.15) is 9.78 Å². The number of aromatic nitrogens is 3. The van der Waals surface area contributed by atoms with E-state index in [1.165, 1.54) is 4.68 Å². The van der Waals surface area contributed by atoms with Crippen LogP contribution >= 0.6 is 0 Å². The standard InChI is InChI=1S/C24H26N6O3/c1-5-14(2)27-24(31)20-21-23(29-17-9-7-6-8-16(17)28-21)30(22(20)25)26-13-15-10-11-18(32-3)19(12-15)33-4/h6-14H,5,25H2,1-4H3,(H,27,31)/b26-13+. The first-order valence-corrected chi connectivity index (χ1v) is 10.6. The summed E-state index contributed by atoms with van der Waals surface area (Å²) in [6.07, 6.45) is 2.40. The van der Waals surface area contributed by atoms with E-state index in [0.717, 1.165) is 12.0 Å². The summed E-state index contributed by atoms with van der Waals surface area (Å²) in [6, 6.07) is 12.9. The number of methoxy groups -OCH3 is 2. The number of carbonyl (C=O) groups excluding carboxylic acids is 1. The maximum Gasteiger partial charge on any atom is 0.257 e. The van der Waals surface area contributed by atoms with Crippen molar-refractivity contribution in [1.29, 1.82) is 0 Å². The summed E-state index contributed by atoms with van der Waals surface area (Å²) in [5.74, 6) is 1.04. The molecule has 0 aliphatic carbocycles. The van der Waals surface area contributed by atoms with Crippen LogP contribution in [-0.2, 0) is 0 Å². The Morgan fingerprint density at radius 3 is 2.52 bits per heavy atom. The Bertz CT molecular complexity index is 1360. The molecule has 4 rings (SSSR count). The molecule has 1 unspecified atom stereocenters. The van der Waals surface area contributed by atoms with E-state index in [9.17, 15) is 4.79 Å². The van der Waals surface area contributed by atoms with Gasteiger partial charge in [0, 0.05) is 6.04 Å². The van der Waals surface area contributed by atoms with E-state index in [0.29, 0.717) is 33.7 Å². The number of benzene rings is 2. The van der Waals surface area contributed by atoms with E-state index in [2.05, 4.69) is 15.4 Å². The van der Waals surface area contributed by atoms with E-state index in [1.54, 1.807) is 32.6 Å². The van der Waals surface area contributed by atoms with Crippen LogP contribution in [-0.4, -0.2) is 47.0 Å². The van der Waals surface area contributed by atoms with Gasteiger partial charge in [0.1, 0.15) is 16.9 Å². The third kappa shape index (κ3) is 4.17. The maximum atomic E-state index is 13.1. The van der Waals surface area contributed by atoms with Crippen LogP contribution < -0.4 is 20.5 Å². The Labute approximate surface area is 191 Å². The van der Waals surface area contributed by atoms with E-state index in [1.807, 2.05) is 44.2 Å². The van der Waals surface area contributed by atoms with Crippen LogP contribution in [0.4, 0.5) is 5.82 Å². The number of para-hydroxylation sites is 2. The molecule has 0 bridgehead atoms. The van der Waals surface area contributed by atoms with Crippen LogP contribution in [0.2, 0.25) is 0 Å². The minimum absolute atomic E-state index is 0.0148. The molecule has 1 atom stereocenters. The molecule has 3 N–H and O–H groups in total. The second-order valence-corrected chi connectivity index (χ2v) is 7.60. The van der Waals surface area contributed by atoms with Crippen molar-refractivity contribution >= 4 is 40.1 Å². The van der Waals surface area contributed by atoms with Crippen molar-refractivity contribution in [1.82, 2.24) is 20.0 Å². The maximum absolute atomic E-state index is 13.1. The summed E-state index contributed by atoms with van der Waals surface area (Å²) in [7, 11) is 3.15. The van der Waals surface area contributed by atoms with Gasteiger partial charge in [-0.25, -0.2) is 9.97 Å². The predicted molar refractivity (Wildman–Crippen MR) is 129 cm³/mol. The average Bonchev–Trinajstić information content (AvgIpc) is 3.10. The number of fused-ring (bicyclic) bond motifs is 2. The lowest BCUT2D eigenvalue weighted by molar-refractivity contribution is 0.0941. The van der Waals surface area contributed by atoms with Crippen molar-refractivity contribution in [2.75, 3.05) is 20.0 Å². The molecule has 2 heterocycles. The van der Waals surface area contributed by atoms with Crippen molar-refractivity contribution in [3.8, 4) is 11.5 Å². The van der Waals surface area contributed by atoms with Crippen molar-refractivity contribution in [3.63, 3.8) is 0 Å². The SMILES string of the molecule is CCC(C)NC(=O)c1c(N)n(/N=C/c2ccc(OC)c(OC)c2)c2nc3ccccc3nc12. The molecule has 0 aliphatic heterocycles. The van der Waals surface area contributed by atoms with E-state index >= 15 is 0 Å². The van der Waals surface area contributed by atoms with Crippen LogP contribution in [0.5, 0.6) is 11.5 Å². The minimum Gasteiger partial charge on any atom is -0.493 e. The molecule has 2 aromatic carbocycles. The molecule has 0 saturated carbocycles. The zero-order valence-corrected chi connectivity index (χ0v) is 19.0. The Morgan fingerprint density at radius 2 is 1.85 bits per heavy atom. The Hall–Kier alpha value is -4.14. The van der Waals surface area contributed by atoms with Gasteiger partial charge in [-0.05, 0) is 49.2 Å². The largest absolute Gasteiger partial charge is 0.493 e. The minimum atomic E-state index is -0.309. The van der Waals surface area contributed by atoms with Crippen LogP contribution in [0, 0.1) is 0 Å². The van der Waals surface area contributed by atoms with Crippen LogP contribution in [0.1, 0.15) is 36.2 Å². The number of amides is 1. The highest BCUT2D eigenvalue weighted by atomic mass is 16.5. The molecule has 0 saturated heterocycles. The Morgan fingerprint density at radius 1 is 1.15 bits per heavy atom. The predicted octanol–water partition coefficient (Wildman–Crippen LogP) is 3.59. The number of nitrogens with one attached hydrogen (secondary N) is 1. The fourth-order valence-corrected chi connectivity index (χ4v) is 3.44. The van der Waals surface area contributed by atoms with Gasteiger partial charge in [0.05, 0.1) is 31.5 Å². The molecular weight excluding hydrogens is 420 g/mol. The third-order valence-corrected chi connectivity index (χ3v) is 5.42. The van der Waals surface area contributed by atoms with Gasteiger partial charge in [0.25, 0.3) is 5.91 Å². The first-order chi connectivity index (χ1) is 16.0. The highest BCUT2D eigenvalue weighted by Gasteiger charge is 2.24. The highest BCUT2D eigenvalue weighted by Crippen LogP contribution is 2.29. The molecule has 0 radical (unpaired) electrons. The zero-order valence-electron chi connectivity index (χ0n) is 19.0. The van der Waals surface area contributed by atoms with Gasteiger partial charge in [-0.3, -0.25) is 4.79 Å². The number of ether oxygens (including phenoxy) is 2. The fourth-order valence-electron chi connectivity index (χ4n) is 3.44. The Kier molecular flexibility index (Phi) is 6.12. The second kappa shape index (κ2) is 9.15. The number of rotatable bonds is 7. The van der Waals surface area contributed by atoms with Crippen LogP contribution in [0.15, 0.2) is 47.6 Å². The number of nitrogen functional groups attached to an aromatic ring is 1. The third-order valence-electron chi connectivity index (χ3n) is 5.42. The van der Waals surface area contributed by atoms with Gasteiger partial charge >= 0.3 is 0 Å². The molecule has 4 aromatic rings. The normalized spacial score (nSPS) is 12.4. The number of nitrogens with two attached hydrogens (primary N) is 1. The molecule has 0 spiro atoms. The Balaban J connectivity index is 1.87. The second-order valence-electron chi connectivity index (χ2n) is 7.60. The van der Waals surface area contributed by atoms with Crippen molar-refractivity contribution < 1.29 is 14.3 Å². The number of carbonyl (C=O) groups is 1. The molecule has 2 aromatic heterocycles. The smallest absolute Gasteiger partial charge is 0.257 e. The number of hydrogen-bond donors (Lipinski definition) is 2. The molecule has 170 valence electrons. The van der Waals surface area contributed by atoms with E-state index in [-0.39, 0.29) is 23.3 Å². The van der Waals surface area contributed by atoms with Gasteiger partial charge in [-0.15, -0.1) is 0 Å². The monoisotopic (exact) mass is 446 g/mol. The molecule has 0 aliphatic rings.